The number of rotatable bonds is 5. The maximum atomic E-state index is 14.7. The van der Waals surface area contributed by atoms with Gasteiger partial charge in [0.25, 0.3) is 0 Å². The third-order valence-electron chi connectivity index (χ3n) is 6.04. The molecule has 2 heterocycles. The molecule has 0 fully saturated rings. The number of halogens is 4. The smallest absolute Gasteiger partial charge is 0.385 e. The summed E-state index contributed by atoms with van der Waals surface area (Å²) in [5, 5.41) is 19.1. The molecular weight excluding hydrogens is 520 g/mol. The molecule has 36 heavy (non-hydrogen) atoms. The van der Waals surface area contributed by atoms with Gasteiger partial charge in [-0.15, -0.1) is 11.3 Å². The largest absolute Gasteiger partial charge is 0.397 e. The molecule has 0 aliphatic heterocycles. The molecule has 202 valence electrons. The van der Waals surface area contributed by atoms with Gasteiger partial charge in [-0.3, -0.25) is 14.8 Å². The molecule has 2 atom stereocenters. The normalized spacial score (nSPS) is 19.5. The quantitative estimate of drug-likeness (QED) is 0.343. The standard InChI is InChI=1S/C21H26F4N4O3S2.C2H6/c1-20(2,31)15-9-13(22)18(33-15)34(26,32-3)29-19(30)28-16-10-5-4-6-14(10)27-17-11(16)7-8-12(17)21(23,24)25;1-2/h9,12,31H,4-8,26H2,1-3H3,(H2,27,28,29,30);1-2H3. The number of urea groups is 1. The molecule has 2 aliphatic carbocycles. The molecule has 4 rings (SSSR count). The summed E-state index contributed by atoms with van der Waals surface area (Å²) in [5.74, 6) is -2.41. The fraction of sp³-hybridized carbons (Fsp3) is 0.565. The van der Waals surface area contributed by atoms with Crippen LogP contribution in [0.25, 0.3) is 0 Å². The molecule has 13 heteroatoms. The van der Waals surface area contributed by atoms with E-state index in [1.165, 1.54) is 21.0 Å². The van der Waals surface area contributed by atoms with Gasteiger partial charge in [0.05, 0.1) is 30.0 Å². The second-order valence-corrected chi connectivity index (χ2v) is 12.3. The summed E-state index contributed by atoms with van der Waals surface area (Å²) in [4.78, 5) is 17.6. The van der Waals surface area contributed by atoms with Crippen molar-refractivity contribution in [2.24, 2.45) is 5.14 Å². The molecule has 0 saturated carbocycles. The number of thiophene rings is 1. The van der Waals surface area contributed by atoms with E-state index in [2.05, 4.69) is 15.0 Å². The number of aromatic nitrogens is 1. The van der Waals surface area contributed by atoms with Crippen LogP contribution in [0.15, 0.2) is 10.3 Å². The first-order valence-electron chi connectivity index (χ1n) is 11.6. The number of anilines is 1. The van der Waals surface area contributed by atoms with Gasteiger partial charge in [-0.2, -0.15) is 13.2 Å². The molecule has 7 nitrogen and oxygen atoms in total. The number of carbonyl (C=O) groups excluding carboxylic acids is 1. The van der Waals surface area contributed by atoms with Gasteiger partial charge < -0.3 is 14.6 Å². The number of alkyl halides is 3. The molecule has 0 radical (unpaired) electrons. The Morgan fingerprint density at radius 1 is 1.25 bits per heavy atom. The van der Waals surface area contributed by atoms with Crippen molar-refractivity contribution in [3.8, 4) is 0 Å². The Morgan fingerprint density at radius 2 is 1.92 bits per heavy atom. The van der Waals surface area contributed by atoms with E-state index >= 15 is 0 Å². The van der Waals surface area contributed by atoms with E-state index in [0.717, 1.165) is 29.4 Å². The van der Waals surface area contributed by atoms with Crippen LogP contribution in [-0.2, 0) is 29.0 Å². The Hall–Kier alpha value is -1.93. The van der Waals surface area contributed by atoms with Gasteiger partial charge in [-0.1, -0.05) is 13.8 Å². The molecule has 0 spiro atoms. The fourth-order valence-electron chi connectivity index (χ4n) is 4.38. The van der Waals surface area contributed by atoms with Crippen LogP contribution in [-0.4, -0.2) is 29.4 Å². The van der Waals surface area contributed by atoms with Crippen LogP contribution in [0.2, 0.25) is 0 Å². The molecule has 2 amide bonds. The minimum atomic E-state index is -4.42. The predicted octanol–water partition coefficient (Wildman–Crippen LogP) is 5.95. The van der Waals surface area contributed by atoms with Crippen LogP contribution in [0, 0.1) is 5.82 Å². The van der Waals surface area contributed by atoms with Crippen molar-refractivity contribution < 1.29 is 31.6 Å². The number of carbonyl (C=O) groups is 1. The van der Waals surface area contributed by atoms with Crippen molar-refractivity contribution in [1.29, 1.82) is 0 Å². The monoisotopic (exact) mass is 552 g/mol. The summed E-state index contributed by atoms with van der Waals surface area (Å²) < 4.78 is 63.0. The first kappa shape index (κ1) is 28.6. The molecule has 2 unspecified atom stereocenters. The molecule has 0 aromatic carbocycles. The number of nitrogens with one attached hydrogen (secondary N) is 2. The number of amides is 2. The number of aryl methyl sites for hydroxylation is 1. The van der Waals surface area contributed by atoms with Crippen LogP contribution in [0.1, 0.15) is 73.8 Å². The highest BCUT2D eigenvalue weighted by atomic mass is 32.3. The van der Waals surface area contributed by atoms with Gasteiger partial charge in [0, 0.05) is 21.3 Å². The Labute approximate surface area is 213 Å². The summed E-state index contributed by atoms with van der Waals surface area (Å²) in [6, 6.07) is 0.308. The van der Waals surface area contributed by atoms with Gasteiger partial charge >= 0.3 is 12.2 Å². The first-order chi connectivity index (χ1) is 16.7. The minimum absolute atomic E-state index is 0.0410. The Morgan fingerprint density at radius 3 is 2.47 bits per heavy atom. The van der Waals surface area contributed by atoms with Gasteiger partial charge in [0.2, 0.25) is 0 Å². The molecule has 0 bridgehead atoms. The average molecular weight is 553 g/mol. The number of hydrogen-bond acceptors (Lipinski definition) is 6. The highest BCUT2D eigenvalue weighted by Gasteiger charge is 2.47. The van der Waals surface area contributed by atoms with Crippen LogP contribution in [0.5, 0.6) is 0 Å². The second-order valence-electron chi connectivity index (χ2n) is 8.89. The van der Waals surface area contributed by atoms with Gasteiger partial charge in [-0.25, -0.2) is 9.18 Å². The summed E-state index contributed by atoms with van der Waals surface area (Å²) in [6.45, 7) is 6.97. The van der Waals surface area contributed by atoms with Crippen molar-refractivity contribution in [3.05, 3.63) is 39.3 Å². The van der Waals surface area contributed by atoms with Gasteiger partial charge in [0.1, 0.15) is 4.21 Å². The summed E-state index contributed by atoms with van der Waals surface area (Å²) in [5.41, 5.74) is 0.609. The fourth-order valence-corrected chi connectivity index (χ4v) is 7.25. The molecule has 2 aliphatic rings. The highest BCUT2D eigenvalue weighted by molar-refractivity contribution is 8.28. The van der Waals surface area contributed by atoms with E-state index in [4.69, 9.17) is 9.32 Å². The summed E-state index contributed by atoms with van der Waals surface area (Å²) in [6.07, 6.45) is -2.58. The van der Waals surface area contributed by atoms with E-state index in [-0.39, 0.29) is 22.7 Å². The Balaban J connectivity index is 0.00000176. The zero-order valence-electron chi connectivity index (χ0n) is 20.8. The maximum absolute atomic E-state index is 14.7. The first-order valence-corrected chi connectivity index (χ1v) is 14.1. The topological polar surface area (TPSA) is 110 Å². The highest BCUT2D eigenvalue weighted by Crippen LogP contribution is 2.52. The molecular formula is C23H32F4N4O3S2. The van der Waals surface area contributed by atoms with Crippen LogP contribution in [0.4, 0.5) is 28.0 Å². The lowest BCUT2D eigenvalue weighted by molar-refractivity contribution is -0.150. The number of nitrogens with zero attached hydrogens (tertiary/aromatic N) is 1. The van der Waals surface area contributed by atoms with Gasteiger partial charge in [-0.05, 0) is 63.1 Å². The molecule has 2 aromatic rings. The molecule has 0 saturated heterocycles. The van der Waals surface area contributed by atoms with Crippen molar-refractivity contribution in [2.75, 3.05) is 12.4 Å². The zero-order chi connectivity index (χ0) is 27.1. The number of pyridine rings is 1. The van der Waals surface area contributed by atoms with Crippen molar-refractivity contribution in [3.63, 3.8) is 0 Å². The van der Waals surface area contributed by atoms with Crippen molar-refractivity contribution in [2.45, 2.75) is 81.7 Å². The van der Waals surface area contributed by atoms with E-state index in [9.17, 15) is 27.5 Å². The van der Waals surface area contributed by atoms with Crippen LogP contribution in [0.3, 0.4) is 0 Å². The lowest BCUT2D eigenvalue weighted by atomic mass is 10.0. The van der Waals surface area contributed by atoms with E-state index in [1.54, 1.807) is 0 Å². The van der Waals surface area contributed by atoms with E-state index < -0.39 is 40.2 Å². The lowest BCUT2D eigenvalue weighted by Crippen LogP contribution is -2.37. The maximum Gasteiger partial charge on any atom is 0.397 e. The van der Waals surface area contributed by atoms with Crippen molar-refractivity contribution in [1.82, 2.24) is 9.71 Å². The number of nitrogens with two attached hydrogens (primary N) is 1. The molecule has 2 aromatic heterocycles. The number of hydrogen-bond donors (Lipinski definition) is 4. The lowest BCUT2D eigenvalue weighted by Gasteiger charge is -2.33. The summed E-state index contributed by atoms with van der Waals surface area (Å²) in [7, 11) is -1.92. The SMILES string of the molecule is CC.COS(N)(NC(=O)Nc1c2c(nc3c1CCC3C(F)(F)F)CCC2)c1sc(C(C)(C)O)cc1F. The Bertz CT molecular complexity index is 1130. The molecule has 5 N–H and O–H groups in total. The van der Waals surface area contributed by atoms with E-state index in [0.29, 0.717) is 34.7 Å². The zero-order valence-corrected chi connectivity index (χ0v) is 22.4. The summed E-state index contributed by atoms with van der Waals surface area (Å²) >= 11 is 0.874. The van der Waals surface area contributed by atoms with E-state index in [1.807, 2.05) is 13.8 Å². The number of fused-ring (bicyclic) bond motifs is 2. The average Bonchev–Trinajstić information content (AvgIpc) is 3.52. The third-order valence-corrected chi connectivity index (χ3v) is 10.0. The van der Waals surface area contributed by atoms with Crippen molar-refractivity contribution >= 4 is 33.7 Å². The van der Waals surface area contributed by atoms with Crippen LogP contribution >= 0.6 is 22.0 Å². The van der Waals surface area contributed by atoms with Gasteiger partial charge in [0.15, 0.2) is 5.82 Å². The number of aliphatic hydroxyl groups is 1. The minimum Gasteiger partial charge on any atom is -0.385 e. The predicted molar refractivity (Wildman–Crippen MR) is 133 cm³/mol. The Kier molecular flexibility index (Phi) is 8.31. The second kappa shape index (κ2) is 10.4. The third kappa shape index (κ3) is 5.49. The van der Waals surface area contributed by atoms with Crippen LogP contribution < -0.4 is 15.2 Å².